The van der Waals surface area contributed by atoms with Crippen LogP contribution in [0, 0.1) is 11.8 Å². The lowest BCUT2D eigenvalue weighted by Crippen LogP contribution is -2.37. The molecule has 1 saturated carbocycles. The number of hydrogen-bond donors (Lipinski definition) is 2. The molecule has 2 fully saturated rings. The first-order valence-electron chi connectivity index (χ1n) is 8.49. The zero-order chi connectivity index (χ0) is 16.2. The minimum Gasteiger partial charge on any atom is -0.370 e. The van der Waals surface area contributed by atoms with Crippen molar-refractivity contribution >= 4 is 11.9 Å². The van der Waals surface area contributed by atoms with E-state index in [9.17, 15) is 4.79 Å². The highest BCUT2D eigenvalue weighted by atomic mass is 16.2. The first kappa shape index (κ1) is 15.8. The van der Waals surface area contributed by atoms with Gasteiger partial charge in [0.15, 0.2) is 5.96 Å². The molecule has 1 saturated heterocycles. The van der Waals surface area contributed by atoms with Crippen LogP contribution >= 0.6 is 0 Å². The number of nitrogens with zero attached hydrogens (tertiary/aromatic N) is 2. The lowest BCUT2D eigenvalue weighted by atomic mass is 9.86. The van der Waals surface area contributed by atoms with Gasteiger partial charge in [-0.3, -0.25) is 9.79 Å². The van der Waals surface area contributed by atoms with Gasteiger partial charge in [-0.1, -0.05) is 36.8 Å². The number of carbonyl (C=O) groups excluding carboxylic acids is 1. The molecular weight excluding hydrogens is 288 g/mol. The van der Waals surface area contributed by atoms with E-state index in [0.717, 1.165) is 6.54 Å². The maximum atomic E-state index is 12.1. The molecule has 1 aliphatic carbocycles. The molecule has 2 aliphatic rings. The molecule has 2 atom stereocenters. The van der Waals surface area contributed by atoms with Crippen LogP contribution in [0.4, 0.5) is 0 Å². The summed E-state index contributed by atoms with van der Waals surface area (Å²) in [6.07, 6.45) is 4.42. The average Bonchev–Trinajstić information content (AvgIpc) is 2.79. The number of nitrogens with one attached hydrogen (secondary N) is 1. The van der Waals surface area contributed by atoms with Crippen LogP contribution < -0.4 is 11.1 Å². The summed E-state index contributed by atoms with van der Waals surface area (Å²) in [5.41, 5.74) is 7.15. The van der Waals surface area contributed by atoms with Crippen molar-refractivity contribution in [3.63, 3.8) is 0 Å². The van der Waals surface area contributed by atoms with Gasteiger partial charge in [-0.05, 0) is 24.3 Å². The molecule has 23 heavy (non-hydrogen) atoms. The molecule has 2 unspecified atom stereocenters. The van der Waals surface area contributed by atoms with Gasteiger partial charge < -0.3 is 16.0 Å². The Hall–Kier alpha value is -2.04. The van der Waals surface area contributed by atoms with Crippen molar-refractivity contribution < 1.29 is 4.79 Å². The molecule has 0 radical (unpaired) electrons. The summed E-state index contributed by atoms with van der Waals surface area (Å²) in [5, 5.41) is 3.22. The number of hydrogen-bond acceptors (Lipinski definition) is 2. The first-order chi connectivity index (χ1) is 11.1. The number of benzene rings is 1. The minimum atomic E-state index is 0.107. The Morgan fingerprint density at radius 1 is 1.35 bits per heavy atom. The van der Waals surface area contributed by atoms with Crippen LogP contribution in [0.5, 0.6) is 0 Å². The molecule has 1 aliphatic heterocycles. The van der Waals surface area contributed by atoms with Gasteiger partial charge in [-0.25, -0.2) is 0 Å². The second kappa shape index (κ2) is 7.02. The summed E-state index contributed by atoms with van der Waals surface area (Å²) in [6, 6.07) is 10.3. The molecule has 5 heteroatoms. The largest absolute Gasteiger partial charge is 0.370 e. The van der Waals surface area contributed by atoms with Crippen molar-refractivity contribution in [3.05, 3.63) is 35.9 Å². The summed E-state index contributed by atoms with van der Waals surface area (Å²) < 4.78 is 0. The number of aliphatic imine (C=N–C) groups is 1. The van der Waals surface area contributed by atoms with E-state index < -0.39 is 0 Å². The monoisotopic (exact) mass is 314 g/mol. The second-order valence-corrected chi connectivity index (χ2v) is 6.73. The van der Waals surface area contributed by atoms with E-state index >= 15 is 0 Å². The number of rotatable bonds is 5. The van der Waals surface area contributed by atoms with Crippen molar-refractivity contribution in [1.29, 1.82) is 0 Å². The number of likely N-dealkylation sites (tertiary alicyclic amines) is 1. The zero-order valence-corrected chi connectivity index (χ0v) is 13.7. The van der Waals surface area contributed by atoms with Gasteiger partial charge in [0.1, 0.15) is 0 Å². The molecule has 0 spiro atoms. The Morgan fingerprint density at radius 2 is 2.09 bits per heavy atom. The van der Waals surface area contributed by atoms with Gasteiger partial charge in [-0.15, -0.1) is 0 Å². The van der Waals surface area contributed by atoms with E-state index in [1.165, 1.54) is 24.8 Å². The molecular formula is C18H26N4O. The van der Waals surface area contributed by atoms with Gasteiger partial charge in [0.25, 0.3) is 0 Å². The Morgan fingerprint density at radius 3 is 2.74 bits per heavy atom. The van der Waals surface area contributed by atoms with Crippen LogP contribution in [-0.2, 0) is 4.79 Å². The van der Waals surface area contributed by atoms with Crippen LogP contribution in [0.3, 0.4) is 0 Å². The van der Waals surface area contributed by atoms with E-state index in [4.69, 9.17) is 5.73 Å². The third-order valence-corrected chi connectivity index (χ3v) is 5.13. The Labute approximate surface area is 138 Å². The number of guanidine groups is 1. The molecule has 1 aromatic rings. The van der Waals surface area contributed by atoms with Crippen LogP contribution in [0.1, 0.15) is 37.3 Å². The van der Waals surface area contributed by atoms with E-state index in [2.05, 4.69) is 22.4 Å². The normalized spacial score (nSPS) is 25.5. The van der Waals surface area contributed by atoms with Gasteiger partial charge in [0, 0.05) is 32.5 Å². The van der Waals surface area contributed by atoms with Crippen LogP contribution in [-0.4, -0.2) is 36.9 Å². The third kappa shape index (κ3) is 3.66. The topological polar surface area (TPSA) is 70.7 Å². The standard InChI is InChI=1S/C18H26N4O/c1-22-16(23)10-15(17(22)14-8-3-2-4-9-14)12-21-18(19)20-11-13-6-5-7-13/h2-4,8-9,13,15,17H,5-7,10-12H2,1H3,(H3,19,20,21). The molecule has 0 bridgehead atoms. The first-order valence-corrected chi connectivity index (χ1v) is 8.49. The van der Waals surface area contributed by atoms with Gasteiger partial charge in [0.05, 0.1) is 6.04 Å². The molecule has 1 heterocycles. The smallest absolute Gasteiger partial charge is 0.223 e. The van der Waals surface area contributed by atoms with E-state index in [1.807, 2.05) is 30.1 Å². The summed E-state index contributed by atoms with van der Waals surface area (Å²) in [6.45, 7) is 1.50. The van der Waals surface area contributed by atoms with Gasteiger partial charge in [-0.2, -0.15) is 0 Å². The molecule has 5 nitrogen and oxygen atoms in total. The van der Waals surface area contributed by atoms with Crippen LogP contribution in [0.2, 0.25) is 0 Å². The second-order valence-electron chi connectivity index (χ2n) is 6.73. The highest BCUT2D eigenvalue weighted by molar-refractivity contribution is 5.80. The summed E-state index contributed by atoms with van der Waals surface area (Å²) >= 11 is 0. The third-order valence-electron chi connectivity index (χ3n) is 5.13. The fourth-order valence-electron chi connectivity index (χ4n) is 3.48. The Kier molecular flexibility index (Phi) is 4.84. The van der Waals surface area contributed by atoms with E-state index in [0.29, 0.717) is 24.8 Å². The zero-order valence-electron chi connectivity index (χ0n) is 13.7. The molecule has 0 aromatic heterocycles. The maximum Gasteiger partial charge on any atom is 0.223 e. The van der Waals surface area contributed by atoms with E-state index in [-0.39, 0.29) is 17.9 Å². The van der Waals surface area contributed by atoms with Crippen molar-refractivity contribution in [2.45, 2.75) is 31.7 Å². The van der Waals surface area contributed by atoms with Gasteiger partial charge >= 0.3 is 0 Å². The predicted octanol–water partition coefficient (Wildman–Crippen LogP) is 1.91. The molecule has 124 valence electrons. The van der Waals surface area contributed by atoms with Crippen molar-refractivity contribution in [3.8, 4) is 0 Å². The molecule has 1 aromatic carbocycles. The van der Waals surface area contributed by atoms with E-state index in [1.54, 1.807) is 0 Å². The van der Waals surface area contributed by atoms with Gasteiger partial charge in [0.2, 0.25) is 5.91 Å². The van der Waals surface area contributed by atoms with Crippen LogP contribution in [0.25, 0.3) is 0 Å². The fraction of sp³-hybridized carbons (Fsp3) is 0.556. The van der Waals surface area contributed by atoms with Crippen molar-refractivity contribution in [2.75, 3.05) is 20.1 Å². The highest BCUT2D eigenvalue weighted by Crippen LogP contribution is 2.36. The summed E-state index contributed by atoms with van der Waals surface area (Å²) in [5.74, 6) is 1.63. The quantitative estimate of drug-likeness (QED) is 0.644. The lowest BCUT2D eigenvalue weighted by molar-refractivity contribution is -0.127. The molecule has 3 rings (SSSR count). The highest BCUT2D eigenvalue weighted by Gasteiger charge is 2.38. The van der Waals surface area contributed by atoms with Crippen molar-refractivity contribution in [1.82, 2.24) is 10.2 Å². The predicted molar refractivity (Wildman–Crippen MR) is 91.9 cm³/mol. The Balaban J connectivity index is 1.60. The van der Waals surface area contributed by atoms with Crippen molar-refractivity contribution in [2.24, 2.45) is 22.6 Å². The number of nitrogens with two attached hydrogens (primary N) is 1. The Bertz CT molecular complexity index is 568. The SMILES string of the molecule is CN1C(=O)CC(CNC(N)=NCC2CCC2)C1c1ccccc1. The lowest BCUT2D eigenvalue weighted by Gasteiger charge is -2.26. The molecule has 1 amide bonds. The maximum absolute atomic E-state index is 12.1. The van der Waals surface area contributed by atoms with Crippen LogP contribution in [0.15, 0.2) is 35.3 Å². The summed E-state index contributed by atoms with van der Waals surface area (Å²) in [7, 11) is 1.88. The average molecular weight is 314 g/mol. The fourth-order valence-corrected chi connectivity index (χ4v) is 3.48. The number of amides is 1. The summed E-state index contributed by atoms with van der Waals surface area (Å²) in [4.78, 5) is 18.4. The number of carbonyl (C=O) groups is 1. The molecule has 3 N–H and O–H groups in total. The minimum absolute atomic E-state index is 0.107.